The molecule has 0 unspecified atom stereocenters. The van der Waals surface area contributed by atoms with Gasteiger partial charge in [0.2, 0.25) is 0 Å². The molecular weight excluding hydrogens is 334 g/mol. The Morgan fingerprint density at radius 3 is 3.04 bits per heavy atom. The van der Waals surface area contributed by atoms with E-state index in [0.29, 0.717) is 12.6 Å². The number of carbonyl (C=O) groups excluding carboxylic acids is 1. The van der Waals surface area contributed by atoms with Crippen molar-refractivity contribution in [3.8, 4) is 0 Å². The molecule has 1 atom stereocenters. The van der Waals surface area contributed by atoms with Gasteiger partial charge < -0.3 is 15.0 Å². The van der Waals surface area contributed by atoms with Crippen LogP contribution in [0.15, 0.2) is 11.5 Å². The van der Waals surface area contributed by atoms with Crippen molar-refractivity contribution in [1.82, 2.24) is 9.88 Å². The topological polar surface area (TPSA) is 54.5 Å². The summed E-state index contributed by atoms with van der Waals surface area (Å²) >= 11 is 1.59. The first-order valence-electron chi connectivity index (χ1n) is 9.52. The molecule has 0 aromatic carbocycles. The minimum Gasteiger partial charge on any atom is -0.463 e. The Labute approximate surface area is 154 Å². The van der Waals surface area contributed by atoms with Gasteiger partial charge in [-0.3, -0.25) is 0 Å². The fraction of sp³-hybridized carbons (Fsp3) is 0.684. The first-order chi connectivity index (χ1) is 12.2. The molecule has 1 N–H and O–H groups in total. The van der Waals surface area contributed by atoms with Gasteiger partial charge in [0.05, 0.1) is 12.3 Å². The quantitative estimate of drug-likeness (QED) is 0.590. The molecule has 1 aliphatic heterocycles. The predicted octanol–water partition coefficient (Wildman–Crippen LogP) is 3.79. The molecule has 1 saturated heterocycles. The largest absolute Gasteiger partial charge is 0.463 e. The highest BCUT2D eigenvalue weighted by molar-refractivity contribution is 7.13. The highest BCUT2D eigenvalue weighted by Crippen LogP contribution is 2.26. The number of likely N-dealkylation sites (tertiary alicyclic amines) is 1. The number of hydrogen-bond acceptors (Lipinski definition) is 6. The summed E-state index contributed by atoms with van der Waals surface area (Å²) in [5.74, 6) is 0.589. The van der Waals surface area contributed by atoms with Crippen LogP contribution in [0.3, 0.4) is 0 Å². The van der Waals surface area contributed by atoms with Gasteiger partial charge in [-0.2, -0.15) is 0 Å². The average Bonchev–Trinajstić information content (AvgIpc) is 3.24. The molecule has 0 radical (unpaired) electrons. The van der Waals surface area contributed by atoms with Crippen LogP contribution in [-0.2, 0) is 9.53 Å². The summed E-state index contributed by atoms with van der Waals surface area (Å²) in [6.07, 6.45) is 11.4. The lowest BCUT2D eigenvalue weighted by Gasteiger charge is -2.26. The van der Waals surface area contributed by atoms with Crippen molar-refractivity contribution >= 4 is 28.5 Å². The zero-order chi connectivity index (χ0) is 17.5. The molecule has 1 aliphatic carbocycles. The Morgan fingerprint density at radius 1 is 1.40 bits per heavy atom. The first-order valence-corrected chi connectivity index (χ1v) is 10.4. The smallest absolute Gasteiger partial charge is 0.330 e. The van der Waals surface area contributed by atoms with Crippen molar-refractivity contribution in [3.05, 3.63) is 17.2 Å². The molecule has 1 saturated carbocycles. The van der Waals surface area contributed by atoms with E-state index in [1.807, 2.05) is 5.38 Å². The standard InChI is InChI=1S/C19H29N3O2S/c1-2-24-18(23)9-8-17-14-25-19(21-17)20-16-10-11-22(13-16)12-15-6-4-3-5-7-15/h8-9,14-16H,2-7,10-13H2,1H3,(H,20,21)/t16-/m1/s1. The van der Waals surface area contributed by atoms with E-state index >= 15 is 0 Å². The van der Waals surface area contributed by atoms with Gasteiger partial charge in [0.1, 0.15) is 0 Å². The zero-order valence-corrected chi connectivity index (χ0v) is 15.9. The van der Waals surface area contributed by atoms with Crippen molar-refractivity contribution in [2.24, 2.45) is 5.92 Å². The van der Waals surface area contributed by atoms with Gasteiger partial charge in [0.25, 0.3) is 0 Å². The summed E-state index contributed by atoms with van der Waals surface area (Å²) in [4.78, 5) is 18.5. The second kappa shape index (κ2) is 9.34. The summed E-state index contributed by atoms with van der Waals surface area (Å²) in [5, 5.41) is 6.46. The minimum absolute atomic E-state index is 0.320. The van der Waals surface area contributed by atoms with Crippen LogP contribution >= 0.6 is 11.3 Å². The molecule has 3 rings (SSSR count). The maximum Gasteiger partial charge on any atom is 0.330 e. The van der Waals surface area contributed by atoms with Crippen LogP contribution in [0.4, 0.5) is 5.13 Å². The minimum atomic E-state index is -0.320. The lowest BCUT2D eigenvalue weighted by atomic mass is 9.89. The van der Waals surface area contributed by atoms with E-state index < -0.39 is 0 Å². The Balaban J connectivity index is 1.43. The van der Waals surface area contributed by atoms with E-state index in [9.17, 15) is 4.79 Å². The Hall–Kier alpha value is -1.40. The van der Waals surface area contributed by atoms with Gasteiger partial charge in [-0.25, -0.2) is 9.78 Å². The van der Waals surface area contributed by atoms with Crippen molar-refractivity contribution in [2.45, 2.75) is 51.5 Å². The highest BCUT2D eigenvalue weighted by Gasteiger charge is 2.25. The van der Waals surface area contributed by atoms with Crippen LogP contribution in [0.25, 0.3) is 6.08 Å². The number of ether oxygens (including phenoxy) is 1. The number of carbonyl (C=O) groups is 1. The lowest BCUT2D eigenvalue weighted by Crippen LogP contribution is -2.31. The van der Waals surface area contributed by atoms with Gasteiger partial charge in [0, 0.05) is 37.1 Å². The number of hydrogen-bond donors (Lipinski definition) is 1. The van der Waals surface area contributed by atoms with E-state index in [0.717, 1.165) is 23.3 Å². The van der Waals surface area contributed by atoms with E-state index in [4.69, 9.17) is 4.74 Å². The summed E-state index contributed by atoms with van der Waals surface area (Å²) in [6, 6.07) is 0.483. The zero-order valence-electron chi connectivity index (χ0n) is 15.1. The molecule has 25 heavy (non-hydrogen) atoms. The molecule has 5 nitrogen and oxygen atoms in total. The van der Waals surface area contributed by atoms with Gasteiger partial charge in [-0.1, -0.05) is 19.3 Å². The van der Waals surface area contributed by atoms with Gasteiger partial charge in [0.15, 0.2) is 5.13 Å². The van der Waals surface area contributed by atoms with Crippen LogP contribution in [-0.4, -0.2) is 48.1 Å². The molecule has 1 aromatic heterocycles. The van der Waals surface area contributed by atoms with Gasteiger partial charge >= 0.3 is 5.97 Å². The van der Waals surface area contributed by atoms with E-state index in [1.54, 1.807) is 24.3 Å². The molecule has 0 amide bonds. The molecule has 6 heteroatoms. The highest BCUT2D eigenvalue weighted by atomic mass is 32.1. The third-order valence-electron chi connectivity index (χ3n) is 5.04. The Kier molecular flexibility index (Phi) is 6.87. The number of thiazole rings is 1. The van der Waals surface area contributed by atoms with Crippen molar-refractivity contribution in [2.75, 3.05) is 31.6 Å². The van der Waals surface area contributed by atoms with E-state index in [1.165, 1.54) is 57.7 Å². The van der Waals surface area contributed by atoms with Crippen LogP contribution in [0, 0.1) is 5.92 Å². The predicted molar refractivity (Wildman–Crippen MR) is 103 cm³/mol. The second-order valence-corrected chi connectivity index (χ2v) is 7.91. The third-order valence-corrected chi connectivity index (χ3v) is 5.83. The summed E-state index contributed by atoms with van der Waals surface area (Å²) in [5.41, 5.74) is 0.803. The molecular formula is C19H29N3O2S. The van der Waals surface area contributed by atoms with Crippen LogP contribution in [0.5, 0.6) is 0 Å². The lowest BCUT2D eigenvalue weighted by molar-refractivity contribution is -0.137. The normalized spacial score (nSPS) is 22.5. The van der Waals surface area contributed by atoms with Gasteiger partial charge in [-0.05, 0) is 38.2 Å². The molecule has 0 spiro atoms. The first kappa shape index (κ1) is 18.4. The monoisotopic (exact) mass is 363 g/mol. The summed E-state index contributed by atoms with van der Waals surface area (Å²) < 4.78 is 4.88. The number of anilines is 1. The summed E-state index contributed by atoms with van der Waals surface area (Å²) in [7, 11) is 0. The van der Waals surface area contributed by atoms with E-state index in [-0.39, 0.29) is 5.97 Å². The second-order valence-electron chi connectivity index (χ2n) is 7.06. The number of rotatable bonds is 7. The SMILES string of the molecule is CCOC(=O)C=Cc1csc(N[C@@H]2CCN(CC3CCCCC3)C2)n1. The van der Waals surface area contributed by atoms with E-state index in [2.05, 4.69) is 15.2 Å². The number of esters is 1. The maximum absolute atomic E-state index is 11.3. The average molecular weight is 364 g/mol. The maximum atomic E-state index is 11.3. The van der Waals surface area contributed by atoms with Crippen LogP contribution < -0.4 is 5.32 Å². The van der Waals surface area contributed by atoms with Gasteiger partial charge in [-0.15, -0.1) is 11.3 Å². The number of nitrogens with zero attached hydrogens (tertiary/aromatic N) is 2. The fourth-order valence-corrected chi connectivity index (χ4v) is 4.56. The van der Waals surface area contributed by atoms with Crippen LogP contribution in [0.1, 0.15) is 51.1 Å². The van der Waals surface area contributed by atoms with Crippen molar-refractivity contribution in [1.29, 1.82) is 0 Å². The summed E-state index contributed by atoms with van der Waals surface area (Å²) in [6.45, 7) is 5.77. The molecule has 138 valence electrons. The molecule has 1 aromatic rings. The van der Waals surface area contributed by atoms with Crippen LogP contribution in [0.2, 0.25) is 0 Å². The van der Waals surface area contributed by atoms with Crippen molar-refractivity contribution < 1.29 is 9.53 Å². The Bertz CT molecular complexity index is 581. The number of nitrogens with one attached hydrogen (secondary N) is 1. The fourth-order valence-electron chi connectivity index (χ4n) is 3.80. The molecule has 2 fully saturated rings. The molecule has 2 heterocycles. The third kappa shape index (κ3) is 5.82. The molecule has 2 aliphatic rings. The molecule has 0 bridgehead atoms. The number of aromatic nitrogens is 1. The Morgan fingerprint density at radius 2 is 2.24 bits per heavy atom. The van der Waals surface area contributed by atoms with Crippen molar-refractivity contribution in [3.63, 3.8) is 0 Å².